The van der Waals surface area contributed by atoms with Crippen LogP contribution >= 0.6 is 0 Å². The SMILES string of the molecule is CN1CCN(c2ccccc2C[C@H]2CCN(c3ccc(C(F)(F)F)cc3)C2=O)CC1. The van der Waals surface area contributed by atoms with E-state index < -0.39 is 11.7 Å². The van der Waals surface area contributed by atoms with Crippen LogP contribution < -0.4 is 9.80 Å². The van der Waals surface area contributed by atoms with Crippen molar-refractivity contribution >= 4 is 17.3 Å². The molecule has 0 saturated carbocycles. The zero-order valence-electron chi connectivity index (χ0n) is 17.0. The summed E-state index contributed by atoms with van der Waals surface area (Å²) in [6.07, 6.45) is -3.02. The van der Waals surface area contributed by atoms with E-state index in [4.69, 9.17) is 0 Å². The maximum atomic E-state index is 13.0. The molecule has 4 rings (SSSR count). The number of amides is 1. The topological polar surface area (TPSA) is 26.8 Å². The normalized spacial score (nSPS) is 20.8. The minimum absolute atomic E-state index is 0.0112. The summed E-state index contributed by atoms with van der Waals surface area (Å²) < 4.78 is 38.4. The Morgan fingerprint density at radius 2 is 1.60 bits per heavy atom. The van der Waals surface area contributed by atoms with Gasteiger partial charge < -0.3 is 14.7 Å². The first-order valence-corrected chi connectivity index (χ1v) is 10.3. The lowest BCUT2D eigenvalue weighted by Crippen LogP contribution is -2.44. The van der Waals surface area contributed by atoms with Gasteiger partial charge in [0.2, 0.25) is 5.91 Å². The summed E-state index contributed by atoms with van der Waals surface area (Å²) in [5.74, 6) is -0.163. The van der Waals surface area contributed by atoms with Gasteiger partial charge in [-0.25, -0.2) is 0 Å². The highest BCUT2D eigenvalue weighted by atomic mass is 19.4. The number of carbonyl (C=O) groups excluding carboxylic acids is 1. The maximum absolute atomic E-state index is 13.0. The number of likely N-dealkylation sites (N-methyl/N-ethyl adjacent to an activating group) is 1. The fraction of sp³-hybridized carbons (Fsp3) is 0.435. The molecule has 0 N–H and O–H groups in total. The molecule has 160 valence electrons. The van der Waals surface area contributed by atoms with Gasteiger partial charge in [-0.15, -0.1) is 0 Å². The fourth-order valence-electron chi connectivity index (χ4n) is 4.32. The molecule has 0 radical (unpaired) electrons. The van der Waals surface area contributed by atoms with Gasteiger partial charge in [-0.3, -0.25) is 4.79 Å². The van der Waals surface area contributed by atoms with E-state index >= 15 is 0 Å². The summed E-state index contributed by atoms with van der Waals surface area (Å²) in [6.45, 7) is 4.48. The highest BCUT2D eigenvalue weighted by Crippen LogP contribution is 2.34. The summed E-state index contributed by atoms with van der Waals surface area (Å²) in [6, 6.07) is 13.1. The lowest BCUT2D eigenvalue weighted by Gasteiger charge is -2.35. The van der Waals surface area contributed by atoms with Crippen LogP contribution in [0.4, 0.5) is 24.5 Å². The Morgan fingerprint density at radius 1 is 0.933 bits per heavy atom. The second-order valence-corrected chi connectivity index (χ2v) is 8.14. The Bertz CT molecular complexity index is 889. The van der Waals surface area contributed by atoms with Crippen LogP contribution in [0.1, 0.15) is 17.5 Å². The van der Waals surface area contributed by atoms with E-state index in [0.29, 0.717) is 25.1 Å². The summed E-state index contributed by atoms with van der Waals surface area (Å²) in [5, 5.41) is 0. The lowest BCUT2D eigenvalue weighted by atomic mass is 9.96. The zero-order valence-corrected chi connectivity index (χ0v) is 17.0. The second kappa shape index (κ2) is 8.30. The molecule has 4 nitrogen and oxygen atoms in total. The van der Waals surface area contributed by atoms with E-state index in [1.807, 2.05) is 12.1 Å². The van der Waals surface area contributed by atoms with Gasteiger partial charge in [0.15, 0.2) is 0 Å². The molecule has 2 saturated heterocycles. The Labute approximate surface area is 174 Å². The van der Waals surface area contributed by atoms with Crippen LogP contribution in [0.15, 0.2) is 48.5 Å². The average molecular weight is 417 g/mol. The molecule has 0 bridgehead atoms. The van der Waals surface area contributed by atoms with Crippen molar-refractivity contribution in [2.75, 3.05) is 49.6 Å². The van der Waals surface area contributed by atoms with Crippen LogP contribution in [-0.4, -0.2) is 50.6 Å². The van der Waals surface area contributed by atoms with Crippen molar-refractivity contribution in [1.29, 1.82) is 0 Å². The summed E-state index contributed by atoms with van der Waals surface area (Å²) >= 11 is 0. The quantitative estimate of drug-likeness (QED) is 0.751. The smallest absolute Gasteiger partial charge is 0.369 e. The van der Waals surface area contributed by atoms with Gasteiger partial charge in [-0.1, -0.05) is 18.2 Å². The van der Waals surface area contributed by atoms with Gasteiger partial charge >= 0.3 is 6.18 Å². The minimum atomic E-state index is -4.37. The molecule has 2 aromatic rings. The van der Waals surface area contributed by atoms with E-state index in [1.165, 1.54) is 17.8 Å². The molecule has 2 heterocycles. The molecule has 1 atom stereocenters. The molecule has 30 heavy (non-hydrogen) atoms. The van der Waals surface area contributed by atoms with Crippen LogP contribution in [0, 0.1) is 5.92 Å². The van der Waals surface area contributed by atoms with Gasteiger partial charge in [-0.05, 0) is 55.8 Å². The first kappa shape index (κ1) is 20.7. The molecule has 2 aromatic carbocycles. The van der Waals surface area contributed by atoms with Crippen molar-refractivity contribution in [2.24, 2.45) is 5.92 Å². The average Bonchev–Trinajstić information content (AvgIpc) is 3.09. The Balaban J connectivity index is 1.46. The molecule has 0 aromatic heterocycles. The number of hydrogen-bond acceptors (Lipinski definition) is 3. The number of alkyl halides is 3. The number of halogens is 3. The monoisotopic (exact) mass is 417 g/mol. The van der Waals surface area contributed by atoms with E-state index in [-0.39, 0.29) is 11.8 Å². The van der Waals surface area contributed by atoms with Gasteiger partial charge in [0, 0.05) is 50.0 Å². The van der Waals surface area contributed by atoms with Crippen LogP contribution in [0.3, 0.4) is 0 Å². The van der Waals surface area contributed by atoms with Gasteiger partial charge in [0.05, 0.1) is 5.56 Å². The standard InChI is InChI=1S/C23H26F3N3O/c1-27-12-14-28(15-13-27)21-5-3-2-4-17(21)16-18-10-11-29(22(18)30)20-8-6-19(7-9-20)23(24,25)26/h2-9,18H,10-16H2,1H3/t18-/m1/s1. The molecular formula is C23H26F3N3O. The third-order valence-electron chi connectivity index (χ3n) is 6.12. The highest BCUT2D eigenvalue weighted by Gasteiger charge is 2.34. The van der Waals surface area contributed by atoms with Crippen molar-refractivity contribution in [3.8, 4) is 0 Å². The lowest BCUT2D eigenvalue weighted by molar-refractivity contribution is -0.137. The summed E-state index contributed by atoms with van der Waals surface area (Å²) in [5.41, 5.74) is 2.18. The molecule has 0 spiro atoms. The minimum Gasteiger partial charge on any atom is -0.369 e. The molecule has 0 aliphatic carbocycles. The first-order chi connectivity index (χ1) is 14.3. The number of para-hydroxylation sites is 1. The molecule has 1 amide bonds. The second-order valence-electron chi connectivity index (χ2n) is 8.14. The van der Waals surface area contributed by atoms with Crippen molar-refractivity contribution in [3.63, 3.8) is 0 Å². The molecule has 2 aliphatic rings. The first-order valence-electron chi connectivity index (χ1n) is 10.3. The van der Waals surface area contributed by atoms with E-state index in [1.54, 1.807) is 4.90 Å². The van der Waals surface area contributed by atoms with E-state index in [9.17, 15) is 18.0 Å². The van der Waals surface area contributed by atoms with Crippen molar-refractivity contribution in [2.45, 2.75) is 19.0 Å². The van der Waals surface area contributed by atoms with Gasteiger partial charge in [-0.2, -0.15) is 13.2 Å². The van der Waals surface area contributed by atoms with E-state index in [0.717, 1.165) is 43.9 Å². The maximum Gasteiger partial charge on any atom is 0.416 e. The number of carbonyl (C=O) groups is 1. The van der Waals surface area contributed by atoms with Gasteiger partial charge in [0.1, 0.15) is 0 Å². The van der Waals surface area contributed by atoms with Gasteiger partial charge in [0.25, 0.3) is 0 Å². The predicted octanol–water partition coefficient (Wildman–Crippen LogP) is 4.05. The van der Waals surface area contributed by atoms with Crippen LogP contribution in [0.25, 0.3) is 0 Å². The number of benzene rings is 2. The highest BCUT2D eigenvalue weighted by molar-refractivity contribution is 5.97. The molecule has 2 fully saturated rings. The Morgan fingerprint density at radius 3 is 2.27 bits per heavy atom. The number of piperazine rings is 1. The summed E-state index contributed by atoms with van der Waals surface area (Å²) in [4.78, 5) is 19.3. The van der Waals surface area contributed by atoms with Crippen LogP contribution in [-0.2, 0) is 17.4 Å². The number of nitrogens with zero attached hydrogens (tertiary/aromatic N) is 3. The van der Waals surface area contributed by atoms with E-state index in [2.05, 4.69) is 29.0 Å². The number of hydrogen-bond donors (Lipinski definition) is 0. The molecule has 7 heteroatoms. The Hall–Kier alpha value is -2.54. The molecular weight excluding hydrogens is 391 g/mol. The van der Waals surface area contributed by atoms with Crippen LogP contribution in [0.5, 0.6) is 0 Å². The number of rotatable bonds is 4. The van der Waals surface area contributed by atoms with Crippen molar-refractivity contribution in [1.82, 2.24) is 4.90 Å². The Kier molecular flexibility index (Phi) is 5.73. The fourth-order valence-corrected chi connectivity index (χ4v) is 4.32. The van der Waals surface area contributed by atoms with Crippen molar-refractivity contribution < 1.29 is 18.0 Å². The molecule has 2 aliphatic heterocycles. The zero-order chi connectivity index (χ0) is 21.3. The number of anilines is 2. The molecule has 0 unspecified atom stereocenters. The third-order valence-corrected chi connectivity index (χ3v) is 6.12. The summed E-state index contributed by atoms with van der Waals surface area (Å²) in [7, 11) is 2.12. The predicted molar refractivity (Wildman–Crippen MR) is 112 cm³/mol. The largest absolute Gasteiger partial charge is 0.416 e. The van der Waals surface area contributed by atoms with Crippen LogP contribution in [0.2, 0.25) is 0 Å². The van der Waals surface area contributed by atoms with Crippen molar-refractivity contribution in [3.05, 3.63) is 59.7 Å². The third kappa shape index (κ3) is 4.31.